The fourth-order valence-corrected chi connectivity index (χ4v) is 1.65. The highest BCUT2D eigenvalue weighted by Crippen LogP contribution is 2.19. The molecule has 2 rings (SSSR count). The average Bonchev–Trinajstić information content (AvgIpc) is 2.71. The molecule has 18 heavy (non-hydrogen) atoms. The number of ether oxygens (including phenoxy) is 1. The van der Waals surface area contributed by atoms with Gasteiger partial charge in [-0.25, -0.2) is 9.95 Å². The van der Waals surface area contributed by atoms with Gasteiger partial charge in [0.05, 0.1) is 12.3 Å². The molecule has 94 valence electrons. The number of benzene rings is 1. The van der Waals surface area contributed by atoms with E-state index < -0.39 is 5.63 Å². The number of azo groups is 1. The average molecular weight is 359 g/mol. The van der Waals surface area contributed by atoms with Crippen LogP contribution in [0.1, 0.15) is 5.69 Å². The van der Waals surface area contributed by atoms with E-state index in [1.165, 1.54) is 7.11 Å². The van der Waals surface area contributed by atoms with Gasteiger partial charge in [0.1, 0.15) is 5.69 Å². The largest absolute Gasteiger partial charge is 0.385 e. The van der Waals surface area contributed by atoms with Gasteiger partial charge in [-0.05, 0) is 46.9 Å². The Morgan fingerprint density at radius 3 is 2.72 bits per heavy atom. The second-order valence-corrected chi connectivity index (χ2v) is 4.67. The summed E-state index contributed by atoms with van der Waals surface area (Å²) in [4.78, 5) is 11.4. The first-order chi connectivity index (χ1) is 8.70. The van der Waals surface area contributed by atoms with Crippen LogP contribution in [0.4, 0.5) is 11.4 Å². The molecule has 0 spiro atoms. The Balaban J connectivity index is 2.25. The van der Waals surface area contributed by atoms with Crippen LogP contribution in [0.2, 0.25) is 0 Å². The van der Waals surface area contributed by atoms with E-state index in [0.717, 1.165) is 3.57 Å². The molecule has 0 atom stereocenters. The van der Waals surface area contributed by atoms with Gasteiger partial charge in [-0.1, -0.05) is 0 Å². The topological polar surface area (TPSA) is 80.0 Å². The molecule has 0 fully saturated rings. The lowest BCUT2D eigenvalue weighted by molar-refractivity contribution is 0.177. The first-order valence-corrected chi connectivity index (χ1v) is 6.15. The highest BCUT2D eigenvalue weighted by molar-refractivity contribution is 14.1. The van der Waals surface area contributed by atoms with E-state index in [2.05, 4.69) is 42.5 Å². The summed E-state index contributed by atoms with van der Waals surface area (Å²) in [5.41, 5.74) is 0.711. The van der Waals surface area contributed by atoms with Crippen molar-refractivity contribution in [3.05, 3.63) is 43.9 Å². The summed E-state index contributed by atoms with van der Waals surface area (Å²) in [6.07, 6.45) is 0. The lowest BCUT2D eigenvalue weighted by Gasteiger charge is -1.94. The van der Waals surface area contributed by atoms with E-state index >= 15 is 0 Å². The van der Waals surface area contributed by atoms with Crippen molar-refractivity contribution in [2.45, 2.75) is 6.61 Å². The van der Waals surface area contributed by atoms with E-state index in [1.54, 1.807) is 0 Å². The van der Waals surface area contributed by atoms with Crippen molar-refractivity contribution >= 4 is 34.0 Å². The first kappa shape index (κ1) is 13.0. The number of nitrogens with zero attached hydrogens (tertiary/aromatic N) is 2. The Morgan fingerprint density at radius 1 is 1.33 bits per heavy atom. The molecule has 0 radical (unpaired) electrons. The van der Waals surface area contributed by atoms with Gasteiger partial charge in [0.25, 0.3) is 0 Å². The highest BCUT2D eigenvalue weighted by atomic mass is 127. The van der Waals surface area contributed by atoms with Crippen LogP contribution in [0.25, 0.3) is 0 Å². The van der Waals surface area contributed by atoms with Gasteiger partial charge in [-0.15, -0.1) is 5.11 Å². The van der Waals surface area contributed by atoms with Crippen molar-refractivity contribution in [2.75, 3.05) is 7.11 Å². The number of H-pyrrole nitrogens is 1. The molecular weight excluding hydrogens is 349 g/mol. The van der Waals surface area contributed by atoms with E-state index in [1.807, 2.05) is 24.3 Å². The first-order valence-electron chi connectivity index (χ1n) is 5.07. The van der Waals surface area contributed by atoms with E-state index in [9.17, 15) is 4.79 Å². The van der Waals surface area contributed by atoms with E-state index in [-0.39, 0.29) is 12.3 Å². The summed E-state index contributed by atoms with van der Waals surface area (Å²) in [6, 6.07) is 7.44. The summed E-state index contributed by atoms with van der Waals surface area (Å²) in [6.45, 7) is 0.215. The second kappa shape index (κ2) is 5.91. The molecule has 2 aromatic rings. The summed E-state index contributed by atoms with van der Waals surface area (Å²) in [5, 5.41) is 10.3. The van der Waals surface area contributed by atoms with Crippen molar-refractivity contribution in [1.29, 1.82) is 0 Å². The fourth-order valence-electron chi connectivity index (χ4n) is 1.29. The molecule has 1 N–H and O–H groups in total. The van der Waals surface area contributed by atoms with Gasteiger partial charge < -0.3 is 9.26 Å². The van der Waals surface area contributed by atoms with Gasteiger partial charge in [0.15, 0.2) is 5.69 Å². The van der Waals surface area contributed by atoms with Crippen LogP contribution in [0, 0.1) is 3.57 Å². The van der Waals surface area contributed by atoms with E-state index in [4.69, 9.17) is 4.74 Å². The van der Waals surface area contributed by atoms with Gasteiger partial charge in [0, 0.05) is 10.7 Å². The number of halogens is 1. The molecule has 1 aromatic heterocycles. The molecule has 0 aliphatic rings. The molecule has 0 aliphatic heterocycles. The molecule has 0 aliphatic carbocycles. The zero-order valence-electron chi connectivity index (χ0n) is 9.51. The highest BCUT2D eigenvalue weighted by Gasteiger charge is 2.10. The molecule has 1 heterocycles. The van der Waals surface area contributed by atoms with Crippen LogP contribution >= 0.6 is 22.6 Å². The smallest absolute Gasteiger partial charge is 0.378 e. The summed E-state index contributed by atoms with van der Waals surface area (Å²) in [5.74, 6) is 0. The third kappa shape index (κ3) is 3.05. The van der Waals surface area contributed by atoms with Crippen molar-refractivity contribution in [2.24, 2.45) is 10.2 Å². The molecule has 7 heteroatoms. The molecule has 0 saturated heterocycles. The van der Waals surface area contributed by atoms with Crippen LogP contribution in [0.15, 0.2) is 43.8 Å². The lowest BCUT2D eigenvalue weighted by atomic mass is 10.3. The Morgan fingerprint density at radius 2 is 2.06 bits per heavy atom. The predicted molar refractivity (Wildman–Crippen MR) is 73.4 cm³/mol. The minimum Gasteiger partial charge on any atom is -0.378 e. The number of hydrogen-bond acceptors (Lipinski definition) is 5. The molecular formula is C11H10IN3O3. The molecule has 1 aromatic carbocycles. The second-order valence-electron chi connectivity index (χ2n) is 3.43. The van der Waals surface area contributed by atoms with Crippen molar-refractivity contribution in [1.82, 2.24) is 5.16 Å². The van der Waals surface area contributed by atoms with Crippen molar-refractivity contribution < 1.29 is 9.26 Å². The number of hydrogen-bond donors (Lipinski definition) is 1. The molecule has 0 unspecified atom stereocenters. The van der Waals surface area contributed by atoms with Crippen LogP contribution in [0.5, 0.6) is 0 Å². The fraction of sp³-hybridized carbons (Fsp3) is 0.182. The SMILES string of the molecule is COCc1[nH]oc(=O)c1N=Nc1ccc(I)cc1. The number of methoxy groups -OCH3 is 1. The standard InChI is InChI=1S/C11H10IN3O3/c1-17-6-9-10(11(16)18-15-9)14-13-8-4-2-7(12)3-5-8/h2-5,15H,6H2,1H3. The van der Waals surface area contributed by atoms with Crippen molar-refractivity contribution in [3.8, 4) is 0 Å². The van der Waals surface area contributed by atoms with Gasteiger partial charge in [-0.2, -0.15) is 5.11 Å². The van der Waals surface area contributed by atoms with Gasteiger partial charge in [-0.3, -0.25) is 0 Å². The normalized spacial score (nSPS) is 11.2. The maximum Gasteiger partial charge on any atom is 0.385 e. The molecule has 6 nitrogen and oxygen atoms in total. The summed E-state index contributed by atoms with van der Waals surface area (Å²) < 4.78 is 10.7. The third-order valence-corrected chi connectivity index (χ3v) is 2.85. The maximum atomic E-state index is 11.4. The van der Waals surface area contributed by atoms with Gasteiger partial charge in [0.2, 0.25) is 0 Å². The number of aromatic amines is 1. The number of aromatic nitrogens is 1. The maximum absolute atomic E-state index is 11.4. The van der Waals surface area contributed by atoms with Crippen molar-refractivity contribution in [3.63, 3.8) is 0 Å². The Labute approximate surface area is 116 Å². The monoisotopic (exact) mass is 359 g/mol. The molecule has 0 amide bonds. The quantitative estimate of drug-likeness (QED) is 0.673. The summed E-state index contributed by atoms with van der Waals surface area (Å²) >= 11 is 2.20. The molecule has 0 bridgehead atoms. The van der Waals surface area contributed by atoms with Crippen LogP contribution < -0.4 is 5.63 Å². The zero-order chi connectivity index (χ0) is 13.0. The van der Waals surface area contributed by atoms with Crippen LogP contribution in [0.3, 0.4) is 0 Å². The summed E-state index contributed by atoms with van der Waals surface area (Å²) in [7, 11) is 1.52. The Hall–Kier alpha value is -1.48. The molecule has 0 saturated carbocycles. The van der Waals surface area contributed by atoms with Gasteiger partial charge >= 0.3 is 5.63 Å². The Kier molecular flexibility index (Phi) is 4.26. The van der Waals surface area contributed by atoms with Crippen LogP contribution in [-0.2, 0) is 11.3 Å². The van der Waals surface area contributed by atoms with E-state index in [0.29, 0.717) is 11.4 Å². The minimum absolute atomic E-state index is 0.135. The number of nitrogens with one attached hydrogen (secondary N) is 1. The minimum atomic E-state index is -0.559. The number of rotatable bonds is 4. The predicted octanol–water partition coefficient (Wildman–Crippen LogP) is 3.13. The third-order valence-electron chi connectivity index (χ3n) is 2.13. The Bertz CT molecular complexity index is 601. The van der Waals surface area contributed by atoms with Crippen LogP contribution in [-0.4, -0.2) is 12.3 Å². The zero-order valence-corrected chi connectivity index (χ0v) is 11.7. The lowest BCUT2D eigenvalue weighted by Crippen LogP contribution is -1.92.